The Morgan fingerprint density at radius 2 is 1.79 bits per heavy atom. The molecule has 204 valence electrons. The summed E-state index contributed by atoms with van der Waals surface area (Å²) in [5, 5.41) is 10.6. The van der Waals surface area contributed by atoms with Gasteiger partial charge in [-0.15, -0.1) is 0 Å². The molecule has 0 saturated carbocycles. The van der Waals surface area contributed by atoms with Crippen LogP contribution in [0.1, 0.15) is 58.6 Å². The SMILES string of the molecule is CC[C@@]12/C=C\CCCOC(=O)[C@@H]1[C@H]1C(=O)N([C@H](CO)c3ccccc3)C3C(=O)N(C(C)(C)C)CC=C[C@@]31O2. The van der Waals surface area contributed by atoms with E-state index in [1.54, 1.807) is 4.90 Å². The van der Waals surface area contributed by atoms with Crippen LogP contribution >= 0.6 is 0 Å². The minimum Gasteiger partial charge on any atom is -0.465 e. The third kappa shape index (κ3) is 3.92. The summed E-state index contributed by atoms with van der Waals surface area (Å²) in [5.41, 5.74) is -2.30. The normalized spacial score (nSPS) is 34.9. The molecular weight excluding hydrogens is 484 g/mol. The fraction of sp³-hybridized carbons (Fsp3) is 0.567. The minimum atomic E-state index is -1.39. The Morgan fingerprint density at radius 1 is 1.05 bits per heavy atom. The lowest BCUT2D eigenvalue weighted by atomic mass is 9.73. The van der Waals surface area contributed by atoms with E-state index in [-0.39, 0.29) is 25.0 Å². The van der Waals surface area contributed by atoms with Crippen LogP contribution in [0.2, 0.25) is 0 Å². The van der Waals surface area contributed by atoms with E-state index < -0.39 is 46.6 Å². The van der Waals surface area contributed by atoms with Gasteiger partial charge in [0.25, 0.3) is 0 Å². The average molecular weight is 523 g/mol. The Bertz CT molecular complexity index is 1160. The molecule has 0 aromatic heterocycles. The van der Waals surface area contributed by atoms with Gasteiger partial charge in [0.1, 0.15) is 23.2 Å². The molecule has 8 nitrogen and oxygen atoms in total. The number of aliphatic hydroxyl groups excluding tert-OH is 1. The van der Waals surface area contributed by atoms with Crippen molar-refractivity contribution in [1.82, 2.24) is 9.80 Å². The number of hydrogen-bond acceptors (Lipinski definition) is 6. The van der Waals surface area contributed by atoms with Gasteiger partial charge < -0.3 is 24.4 Å². The molecule has 4 aliphatic rings. The number of likely N-dealkylation sites (tertiary alicyclic amines) is 1. The highest BCUT2D eigenvalue weighted by atomic mass is 16.6. The smallest absolute Gasteiger partial charge is 0.313 e. The number of amides is 2. The van der Waals surface area contributed by atoms with Gasteiger partial charge in [0, 0.05) is 12.1 Å². The molecule has 6 atom stereocenters. The van der Waals surface area contributed by atoms with Gasteiger partial charge >= 0.3 is 5.97 Å². The summed E-state index contributed by atoms with van der Waals surface area (Å²) in [7, 11) is 0. The minimum absolute atomic E-state index is 0.260. The Kier molecular flexibility index (Phi) is 6.76. The highest BCUT2D eigenvalue weighted by molar-refractivity contribution is 5.99. The third-order valence-corrected chi connectivity index (χ3v) is 8.57. The summed E-state index contributed by atoms with van der Waals surface area (Å²) in [6.45, 7) is 8.02. The van der Waals surface area contributed by atoms with E-state index in [2.05, 4.69) is 0 Å². The van der Waals surface area contributed by atoms with Crippen LogP contribution in [0.4, 0.5) is 0 Å². The predicted octanol–water partition coefficient (Wildman–Crippen LogP) is 3.17. The van der Waals surface area contributed by atoms with Crippen molar-refractivity contribution in [3.63, 3.8) is 0 Å². The van der Waals surface area contributed by atoms with Crippen molar-refractivity contribution in [2.24, 2.45) is 11.8 Å². The molecule has 5 rings (SSSR count). The summed E-state index contributed by atoms with van der Waals surface area (Å²) in [4.78, 5) is 45.9. The van der Waals surface area contributed by atoms with Gasteiger partial charge in [0.2, 0.25) is 11.8 Å². The van der Waals surface area contributed by atoms with Crippen molar-refractivity contribution in [3.05, 3.63) is 60.2 Å². The molecule has 0 radical (unpaired) electrons. The van der Waals surface area contributed by atoms with Crippen molar-refractivity contribution in [1.29, 1.82) is 0 Å². The Hall–Kier alpha value is -2.97. The lowest BCUT2D eigenvalue weighted by molar-refractivity contribution is -0.164. The molecule has 8 heteroatoms. The first-order valence-electron chi connectivity index (χ1n) is 13.6. The van der Waals surface area contributed by atoms with Crippen LogP contribution in [0.15, 0.2) is 54.6 Å². The van der Waals surface area contributed by atoms with E-state index in [1.165, 1.54) is 4.90 Å². The number of cyclic esters (lactones) is 1. The molecule has 2 fully saturated rings. The lowest BCUT2D eigenvalue weighted by Gasteiger charge is -2.43. The monoisotopic (exact) mass is 522 g/mol. The molecule has 4 aliphatic heterocycles. The van der Waals surface area contributed by atoms with E-state index in [0.717, 1.165) is 6.42 Å². The van der Waals surface area contributed by atoms with Crippen LogP contribution in [0.25, 0.3) is 0 Å². The highest BCUT2D eigenvalue weighted by Gasteiger charge is 2.76. The van der Waals surface area contributed by atoms with E-state index in [4.69, 9.17) is 9.47 Å². The number of allylic oxidation sites excluding steroid dienone is 1. The zero-order chi connectivity index (χ0) is 27.3. The second-order valence-electron chi connectivity index (χ2n) is 11.7. The second-order valence-corrected chi connectivity index (χ2v) is 11.7. The van der Waals surface area contributed by atoms with Gasteiger partial charge in [-0.2, -0.15) is 0 Å². The number of rotatable bonds is 4. The highest BCUT2D eigenvalue weighted by Crippen LogP contribution is 2.59. The summed E-state index contributed by atoms with van der Waals surface area (Å²) < 4.78 is 12.6. The summed E-state index contributed by atoms with van der Waals surface area (Å²) in [5.74, 6) is -3.01. The van der Waals surface area contributed by atoms with Crippen molar-refractivity contribution in [2.75, 3.05) is 19.8 Å². The van der Waals surface area contributed by atoms with Gasteiger partial charge in [-0.3, -0.25) is 14.4 Å². The number of fused-ring (bicyclic) bond motifs is 2. The van der Waals surface area contributed by atoms with Crippen molar-refractivity contribution in [3.8, 4) is 0 Å². The summed E-state index contributed by atoms with van der Waals surface area (Å²) >= 11 is 0. The largest absolute Gasteiger partial charge is 0.465 e. The Labute approximate surface area is 224 Å². The Morgan fingerprint density at radius 3 is 2.45 bits per heavy atom. The number of carbonyl (C=O) groups excluding carboxylic acids is 3. The van der Waals surface area contributed by atoms with Crippen LogP contribution in [-0.4, -0.2) is 75.2 Å². The fourth-order valence-electron chi connectivity index (χ4n) is 6.78. The number of nitrogens with zero attached hydrogens (tertiary/aromatic N) is 2. The standard InChI is InChI=1S/C30H38N2O6/c1-5-29-15-10-7-11-18-37-27(36)23(29)22-25(34)32(21(19-33)20-13-8-6-9-14-20)24-26(35)31(28(2,3)4)17-12-16-30(22,24)38-29/h6,8-10,12-16,21-24,33H,5,7,11,17-19H2,1-4H3/b15-10-/t21-,22+,23+,24?,29-,30+/m1/s1. The molecule has 1 aromatic carbocycles. The maximum Gasteiger partial charge on any atom is 0.313 e. The Balaban J connectivity index is 1.74. The van der Waals surface area contributed by atoms with Crippen LogP contribution in [-0.2, 0) is 23.9 Å². The molecule has 1 N–H and O–H groups in total. The number of ether oxygens (including phenoxy) is 2. The molecule has 4 heterocycles. The quantitative estimate of drug-likeness (QED) is 0.482. The van der Waals surface area contributed by atoms with E-state index in [9.17, 15) is 19.5 Å². The number of aliphatic hydroxyl groups is 1. The van der Waals surface area contributed by atoms with Crippen molar-refractivity contribution < 1.29 is 29.0 Å². The van der Waals surface area contributed by atoms with E-state index in [0.29, 0.717) is 24.9 Å². The molecule has 0 aliphatic carbocycles. The predicted molar refractivity (Wildman–Crippen MR) is 141 cm³/mol. The van der Waals surface area contributed by atoms with Crippen molar-refractivity contribution in [2.45, 2.75) is 75.8 Å². The van der Waals surface area contributed by atoms with Gasteiger partial charge in [0.15, 0.2) is 0 Å². The first-order valence-corrected chi connectivity index (χ1v) is 13.6. The third-order valence-electron chi connectivity index (χ3n) is 8.57. The molecular formula is C30H38N2O6. The zero-order valence-corrected chi connectivity index (χ0v) is 22.6. The first kappa shape index (κ1) is 26.6. The number of benzene rings is 1. The summed E-state index contributed by atoms with van der Waals surface area (Å²) in [6, 6.07) is 7.36. The van der Waals surface area contributed by atoms with Crippen LogP contribution in [0.5, 0.6) is 0 Å². The maximum atomic E-state index is 14.6. The maximum absolute atomic E-state index is 14.6. The van der Waals surface area contributed by atoms with Gasteiger partial charge in [-0.1, -0.05) is 61.6 Å². The van der Waals surface area contributed by atoms with E-state index in [1.807, 2.05) is 82.3 Å². The molecule has 1 aromatic rings. The topological polar surface area (TPSA) is 96.4 Å². The number of carbonyl (C=O) groups is 3. The summed E-state index contributed by atoms with van der Waals surface area (Å²) in [6.07, 6.45) is 9.48. The molecule has 2 saturated heterocycles. The first-order chi connectivity index (χ1) is 18.1. The van der Waals surface area contributed by atoms with E-state index >= 15 is 0 Å². The number of hydrogen-bond donors (Lipinski definition) is 1. The van der Waals surface area contributed by atoms with Gasteiger partial charge in [-0.05, 0) is 45.6 Å². The van der Waals surface area contributed by atoms with Gasteiger partial charge in [-0.25, -0.2) is 0 Å². The van der Waals surface area contributed by atoms with Crippen LogP contribution in [0, 0.1) is 11.8 Å². The molecule has 38 heavy (non-hydrogen) atoms. The molecule has 0 bridgehead atoms. The fourth-order valence-corrected chi connectivity index (χ4v) is 6.78. The molecule has 1 unspecified atom stereocenters. The lowest BCUT2D eigenvalue weighted by Crippen LogP contribution is -2.59. The zero-order valence-electron chi connectivity index (χ0n) is 22.6. The second kappa shape index (κ2) is 9.65. The number of esters is 1. The van der Waals surface area contributed by atoms with Crippen molar-refractivity contribution >= 4 is 17.8 Å². The average Bonchev–Trinajstić information content (AvgIpc) is 3.26. The van der Waals surface area contributed by atoms with Gasteiger partial charge in [0.05, 0.1) is 25.2 Å². The molecule has 1 spiro atoms. The van der Waals surface area contributed by atoms with Crippen LogP contribution < -0.4 is 0 Å². The van der Waals surface area contributed by atoms with Crippen LogP contribution in [0.3, 0.4) is 0 Å². The molecule has 2 amide bonds.